The van der Waals surface area contributed by atoms with E-state index in [1.54, 1.807) is 42.7 Å². The predicted octanol–water partition coefficient (Wildman–Crippen LogP) is 25.6. The third-order valence-electron chi connectivity index (χ3n) is 25.6. The van der Waals surface area contributed by atoms with Crippen molar-refractivity contribution in [3.8, 4) is 0 Å². The second kappa shape index (κ2) is 139. The lowest BCUT2D eigenvalue weighted by Gasteiger charge is -2.21. The smallest absolute Gasteiger partial charge is 0.305 e. The number of thioether (sulfide) groups is 2. The van der Waals surface area contributed by atoms with Crippen LogP contribution in [-0.2, 0) is 85.7 Å². The summed E-state index contributed by atoms with van der Waals surface area (Å²) in [6, 6.07) is 0. The molecule has 0 aromatic carbocycles. The van der Waals surface area contributed by atoms with Gasteiger partial charge in [-0.15, -0.1) is 0 Å². The Bertz CT molecular complexity index is 2640. The van der Waals surface area contributed by atoms with Crippen LogP contribution in [0.4, 0.5) is 0 Å². The Labute approximate surface area is 910 Å². The molecular formula is C116H232O30S2. The zero-order valence-electron chi connectivity index (χ0n) is 96.4. The van der Waals surface area contributed by atoms with E-state index >= 15 is 0 Å². The van der Waals surface area contributed by atoms with E-state index in [1.807, 2.05) is 23.5 Å². The van der Waals surface area contributed by atoms with Crippen molar-refractivity contribution in [2.45, 2.75) is 564 Å². The monoisotopic (exact) mass is 2170 g/mol. The highest BCUT2D eigenvalue weighted by molar-refractivity contribution is 7.99. The molecule has 0 bridgehead atoms. The number of aliphatic carboxylic acids is 4. The highest BCUT2D eigenvalue weighted by Gasteiger charge is 2.20. The van der Waals surface area contributed by atoms with E-state index in [9.17, 15) is 58.8 Å². The fourth-order valence-corrected chi connectivity index (χ4v) is 17.7. The summed E-state index contributed by atoms with van der Waals surface area (Å²) in [5, 5.41) is 108. The van der Waals surface area contributed by atoms with E-state index in [1.165, 1.54) is 194 Å². The average molecular weight is 2170 g/mol. The summed E-state index contributed by atoms with van der Waals surface area (Å²) in [4.78, 5) is 84.6. The number of unbranched alkanes of at least 4 members (excludes halogenated alkanes) is 52. The fourth-order valence-electron chi connectivity index (χ4n) is 16.2. The molecule has 0 aliphatic carbocycles. The van der Waals surface area contributed by atoms with Gasteiger partial charge in [0.2, 0.25) is 0 Å². The number of aliphatic hydroxyl groups excluding tert-OH is 8. The second-order valence-electron chi connectivity index (χ2n) is 39.1. The second-order valence-corrected chi connectivity index (χ2v) is 41.5. The van der Waals surface area contributed by atoms with Gasteiger partial charge in [-0.3, -0.25) is 38.4 Å². The number of rotatable bonds is 104. The Morgan fingerprint density at radius 3 is 0.595 bits per heavy atom. The molecule has 8 unspecified atom stereocenters. The highest BCUT2D eigenvalue weighted by atomic mass is 32.2. The number of carbonyl (C=O) groups is 8. The molecule has 148 heavy (non-hydrogen) atoms. The van der Waals surface area contributed by atoms with Gasteiger partial charge in [0, 0.05) is 106 Å². The minimum absolute atomic E-state index is 0.00526. The first-order valence-electron chi connectivity index (χ1n) is 58.2. The van der Waals surface area contributed by atoms with E-state index in [0.29, 0.717) is 58.5 Å². The van der Waals surface area contributed by atoms with Crippen molar-refractivity contribution in [3.63, 3.8) is 0 Å². The zero-order valence-corrected chi connectivity index (χ0v) is 98.0. The molecule has 0 aromatic rings. The van der Waals surface area contributed by atoms with E-state index in [0.717, 1.165) is 307 Å². The molecule has 0 spiro atoms. The number of esters is 4. The normalized spacial score (nSPS) is 12.5. The molecule has 0 rings (SSSR count). The summed E-state index contributed by atoms with van der Waals surface area (Å²) in [5.41, 5.74) is 0. The van der Waals surface area contributed by atoms with Gasteiger partial charge in [-0.25, -0.2) is 0 Å². The Hall–Kier alpha value is -4.10. The molecule has 0 amide bonds. The number of carboxylic acid groups (broad SMARTS) is 4. The van der Waals surface area contributed by atoms with Gasteiger partial charge < -0.3 is 109 Å². The summed E-state index contributed by atoms with van der Waals surface area (Å²) in [6.45, 7) is 6.09. The number of ether oxygens (including phenoxy) is 10. The lowest BCUT2D eigenvalue weighted by Crippen LogP contribution is -2.27. The van der Waals surface area contributed by atoms with Gasteiger partial charge >= 0.3 is 47.8 Å². The Morgan fingerprint density at radius 1 is 0.216 bits per heavy atom. The van der Waals surface area contributed by atoms with E-state index in [2.05, 4.69) is 32.8 Å². The summed E-state index contributed by atoms with van der Waals surface area (Å²) >= 11 is 3.66. The van der Waals surface area contributed by atoms with Crippen LogP contribution < -0.4 is 0 Å². The van der Waals surface area contributed by atoms with Crippen LogP contribution >= 0.6 is 23.5 Å². The molecular weight excluding hydrogens is 1940 g/mol. The molecule has 0 fully saturated rings. The minimum atomic E-state index is -0.706. The first-order valence-corrected chi connectivity index (χ1v) is 60.5. The molecule has 0 heterocycles. The maximum atomic E-state index is 11.0. The molecule has 0 aliphatic rings. The van der Waals surface area contributed by atoms with Gasteiger partial charge in [0.25, 0.3) is 0 Å². The maximum Gasteiger partial charge on any atom is 0.305 e. The van der Waals surface area contributed by atoms with Crippen LogP contribution in [0.5, 0.6) is 0 Å². The number of methoxy groups -OCH3 is 10. The van der Waals surface area contributed by atoms with Crippen LogP contribution in [0.1, 0.15) is 515 Å². The topological polar surface area (TPSA) is 472 Å². The minimum Gasteiger partial charge on any atom is -0.481 e. The van der Waals surface area contributed by atoms with Crippen LogP contribution in [0.15, 0.2) is 0 Å². The summed E-state index contributed by atoms with van der Waals surface area (Å²) < 4.78 is 49.1. The van der Waals surface area contributed by atoms with Gasteiger partial charge in [-0.05, 0) is 127 Å². The summed E-state index contributed by atoms with van der Waals surface area (Å²) in [6.07, 6.45) is 78.7. The van der Waals surface area contributed by atoms with Crippen LogP contribution in [0.2, 0.25) is 0 Å². The molecule has 0 aromatic heterocycles. The Balaban J connectivity index is -0.000000253. The third-order valence-corrected chi connectivity index (χ3v) is 27.7. The van der Waals surface area contributed by atoms with Crippen LogP contribution in [-0.4, -0.2) is 292 Å². The van der Waals surface area contributed by atoms with Crippen molar-refractivity contribution in [2.75, 3.05) is 134 Å². The predicted molar refractivity (Wildman–Crippen MR) is 604 cm³/mol. The highest BCUT2D eigenvalue weighted by Crippen LogP contribution is 2.23. The van der Waals surface area contributed by atoms with E-state index in [-0.39, 0.29) is 105 Å². The van der Waals surface area contributed by atoms with Crippen LogP contribution in [0.25, 0.3) is 0 Å². The molecule has 0 radical (unpaired) electrons. The molecule has 888 valence electrons. The van der Waals surface area contributed by atoms with Crippen molar-refractivity contribution in [1.82, 2.24) is 0 Å². The quantitative estimate of drug-likeness (QED) is 0.0153. The zero-order chi connectivity index (χ0) is 112. The number of hydrogen-bond donors (Lipinski definition) is 12. The van der Waals surface area contributed by atoms with E-state index in [4.69, 9.17) is 69.3 Å². The van der Waals surface area contributed by atoms with Crippen LogP contribution in [0, 0.1) is 0 Å². The van der Waals surface area contributed by atoms with Gasteiger partial charge in [0.1, 0.15) is 0 Å². The first-order chi connectivity index (χ1) is 71.6. The molecule has 0 saturated carbocycles. The Kier molecular flexibility index (Phi) is 149. The fraction of sp³-hybridized carbons (Fsp3) is 0.931. The third kappa shape index (κ3) is 148. The van der Waals surface area contributed by atoms with Gasteiger partial charge in [0.05, 0.1) is 117 Å². The van der Waals surface area contributed by atoms with Gasteiger partial charge in [-0.2, -0.15) is 23.5 Å². The van der Waals surface area contributed by atoms with Crippen molar-refractivity contribution >= 4 is 71.3 Å². The van der Waals surface area contributed by atoms with Crippen molar-refractivity contribution in [1.29, 1.82) is 0 Å². The van der Waals surface area contributed by atoms with Crippen LogP contribution in [0.3, 0.4) is 0 Å². The number of aliphatic hydroxyl groups is 8. The maximum absolute atomic E-state index is 11.0. The van der Waals surface area contributed by atoms with Crippen molar-refractivity contribution in [3.05, 3.63) is 0 Å². The largest absolute Gasteiger partial charge is 0.481 e. The summed E-state index contributed by atoms with van der Waals surface area (Å²) in [7, 11) is 15.6. The molecule has 0 saturated heterocycles. The van der Waals surface area contributed by atoms with Crippen molar-refractivity contribution < 1.29 is 147 Å². The standard InChI is InChI=1S/C20H40O4.C19H38O4.C14H28O3S.2C13H26O4.C13H26O3S.2C12H24O4/c1-4-5-6-7-9-12-15-18(21)19(23-2)16-13-10-8-11-14-17-20(22)24-3;1-3-4-5-6-8-11-14-17(20)18(23-2)15-12-9-7-10-13-16-19(21)22;1-17-14(16)10-8-6-4-2-3-5-7-9-12-18-13-11-15;1-16-11-12(14)9-7-5-3-4-6-8-10-13(15)17-2;1-16-12(11-14)9-7-5-3-4-6-8-10-13(15)17-2;14-10-12-17-11-8-6-4-2-1-3-5-7-9-13(15)16;1-16-10-11(13)8-6-4-2-3-5-7-9-12(14)15;1-16-11(10-13)8-6-4-2-3-5-7-9-12(14)15/h18-19,21H,4-17H2,1-3H3;17-18,20H,3-16H2,1-2H3,(H,21,22);15H,2-13H2,1H3;2*12,14H,3-11H2,1-2H3;14H,1-12H2,(H,15,16);2*11,13H,2-10H2,1H3,(H,14,15). The Morgan fingerprint density at radius 2 is 0.405 bits per heavy atom. The SMILES string of the molecule is CCCCCCCCC(O)C(CCCCCCCC(=O)O)OC.CCCCCCCCC(O)C(CCCCCCCC(=O)OC)OC.COC(=O)CCCCCCCCC(CO)OC.COC(=O)CCCCCCCCCCSCCO.COC(CO)CCCCCCCCC(=O)O.COCC(O)CCCCCCCCC(=O)O.COCC(O)CCCCCCCCC(=O)OC.O=C(O)CCCCCCCCCCSCCO. The molecule has 0 aliphatic heterocycles. The summed E-state index contributed by atoms with van der Waals surface area (Å²) in [5.74, 6) is 0.857. The molecule has 12 N–H and O–H groups in total. The lowest BCUT2D eigenvalue weighted by molar-refractivity contribution is -0.141. The number of hydrogen-bond acceptors (Lipinski definition) is 28. The van der Waals surface area contributed by atoms with Gasteiger partial charge in [-0.1, -0.05) is 348 Å². The van der Waals surface area contributed by atoms with E-state index < -0.39 is 23.9 Å². The average Bonchev–Trinajstić information content (AvgIpc) is 0.952. The number of carboxylic acids is 4. The first kappa shape index (κ1) is 159. The molecule has 32 heteroatoms. The lowest BCUT2D eigenvalue weighted by atomic mass is 9.99. The number of carbonyl (C=O) groups excluding carboxylic acids is 4. The molecule has 30 nitrogen and oxygen atoms in total. The molecule has 8 atom stereocenters. The van der Waals surface area contributed by atoms with Gasteiger partial charge in [0.15, 0.2) is 0 Å². The van der Waals surface area contributed by atoms with Crippen molar-refractivity contribution in [2.24, 2.45) is 0 Å².